The zero-order chi connectivity index (χ0) is 26.3. The van der Waals surface area contributed by atoms with Gasteiger partial charge < -0.3 is 0 Å². The molecule has 0 saturated carbocycles. The molecule has 10 heteroatoms. The summed E-state index contributed by atoms with van der Waals surface area (Å²) in [6.07, 6.45) is 0. The molecule has 184 valence electrons. The largest absolute Gasteiger partial charge is 0.207 e. The Morgan fingerprint density at radius 3 is 1.29 bits per heavy atom. The van der Waals surface area contributed by atoms with E-state index in [-0.39, 0.29) is 0 Å². The molecule has 35 heavy (non-hydrogen) atoms. The molecule has 0 nitrogen and oxygen atoms in total. The minimum Gasteiger partial charge on any atom is -0.207 e. The molecule has 4 rings (SSSR count). The Morgan fingerprint density at radius 2 is 0.857 bits per heavy atom. The van der Waals surface area contributed by atoms with Crippen molar-refractivity contribution in [3.05, 3.63) is 81.4 Å². The van der Waals surface area contributed by atoms with E-state index in [2.05, 4.69) is 0 Å². The molecule has 0 spiro atoms. The quantitative estimate of drug-likeness (QED) is 0.138. The number of fused-ring (bicyclic) bond motifs is 2. The van der Waals surface area contributed by atoms with Gasteiger partial charge in [0.25, 0.3) is 0 Å². The van der Waals surface area contributed by atoms with Gasteiger partial charge in [0.2, 0.25) is 0 Å². The van der Waals surface area contributed by atoms with Crippen LogP contribution in [0.15, 0.2) is 12.1 Å². The molecule has 0 fully saturated rings. The van der Waals surface area contributed by atoms with E-state index in [0.717, 1.165) is 6.92 Å². The first-order valence-corrected chi connectivity index (χ1v) is 10.0. The van der Waals surface area contributed by atoms with Crippen molar-refractivity contribution < 1.29 is 43.9 Å². The van der Waals surface area contributed by atoms with Crippen LogP contribution in [0.5, 0.6) is 0 Å². The van der Waals surface area contributed by atoms with Crippen molar-refractivity contribution in [3.63, 3.8) is 0 Å². The van der Waals surface area contributed by atoms with Gasteiger partial charge in [-0.1, -0.05) is 20.8 Å². The smallest absolute Gasteiger partial charge is 0.198 e. The van der Waals surface area contributed by atoms with Crippen LogP contribution in [-0.4, -0.2) is 0 Å². The monoisotopic (exact) mass is 504 g/mol. The highest BCUT2D eigenvalue weighted by Gasteiger charge is 2.34. The van der Waals surface area contributed by atoms with Gasteiger partial charge in [0.15, 0.2) is 46.5 Å². The van der Waals surface area contributed by atoms with Crippen molar-refractivity contribution in [2.24, 2.45) is 0 Å². The lowest BCUT2D eigenvalue weighted by atomic mass is 9.77. The third-order valence-electron chi connectivity index (χ3n) is 5.87. The van der Waals surface area contributed by atoms with Crippen LogP contribution in [0.4, 0.5) is 43.9 Å². The van der Waals surface area contributed by atoms with Crippen LogP contribution < -0.4 is 0 Å². The van der Waals surface area contributed by atoms with E-state index in [1.807, 2.05) is 0 Å². The van der Waals surface area contributed by atoms with E-state index < -0.39 is 107 Å². The maximum Gasteiger partial charge on any atom is 0.198 e. The van der Waals surface area contributed by atoms with Crippen LogP contribution in [0.25, 0.3) is 32.7 Å². The molecule has 0 bridgehead atoms. The maximum atomic E-state index is 15.4. The molecule has 0 radical (unpaired) electrons. The molecule has 0 aliphatic rings. The van der Waals surface area contributed by atoms with Gasteiger partial charge in [-0.2, -0.15) is 0 Å². The Bertz CT molecular complexity index is 1580. The minimum absolute atomic E-state index is 0.352. The van der Waals surface area contributed by atoms with Crippen molar-refractivity contribution in [2.45, 2.75) is 33.1 Å². The summed E-state index contributed by atoms with van der Waals surface area (Å²) in [4.78, 5) is 0. The summed E-state index contributed by atoms with van der Waals surface area (Å²) in [7, 11) is 0. The van der Waals surface area contributed by atoms with Gasteiger partial charge in [0.05, 0.1) is 0 Å². The van der Waals surface area contributed by atoms with Crippen LogP contribution in [0.1, 0.15) is 31.9 Å². The summed E-state index contributed by atoms with van der Waals surface area (Å²) in [5, 5.41) is -4.49. The first kappa shape index (κ1) is 24.8. The molecule has 0 N–H and O–H groups in total. The van der Waals surface area contributed by atoms with E-state index in [9.17, 15) is 30.7 Å². The highest BCUT2D eigenvalue weighted by molar-refractivity contribution is 6.09. The van der Waals surface area contributed by atoms with E-state index >= 15 is 13.2 Å². The fourth-order valence-corrected chi connectivity index (χ4v) is 4.34. The maximum absolute atomic E-state index is 15.4. The van der Waals surface area contributed by atoms with Crippen LogP contribution in [-0.2, 0) is 5.41 Å². The Balaban J connectivity index is 2.48. The Hall–Kier alpha value is -3.30. The van der Waals surface area contributed by atoms with Crippen LogP contribution in [0.2, 0.25) is 0 Å². The molecular weight excluding hydrogens is 490 g/mol. The van der Waals surface area contributed by atoms with Crippen LogP contribution >= 0.6 is 0 Å². The molecule has 0 aliphatic heterocycles. The second-order valence-corrected chi connectivity index (χ2v) is 9.07. The van der Waals surface area contributed by atoms with Crippen LogP contribution in [0.3, 0.4) is 0 Å². The van der Waals surface area contributed by atoms with E-state index in [0.29, 0.717) is 12.1 Å². The summed E-state index contributed by atoms with van der Waals surface area (Å²) in [6, 6.07) is 0.735. The lowest BCUT2D eigenvalue weighted by molar-refractivity contribution is 0.417. The Morgan fingerprint density at radius 1 is 0.486 bits per heavy atom. The molecule has 0 atom stereocenters. The summed E-state index contributed by atoms with van der Waals surface area (Å²) < 4.78 is 146. The third kappa shape index (κ3) is 3.36. The lowest BCUT2D eigenvalue weighted by Crippen LogP contribution is -2.17. The zero-order valence-electron chi connectivity index (χ0n) is 18.4. The van der Waals surface area contributed by atoms with Gasteiger partial charge in [0, 0.05) is 32.7 Å². The Kier molecular flexibility index (Phi) is 5.57. The van der Waals surface area contributed by atoms with E-state index in [4.69, 9.17) is 0 Å². The summed E-state index contributed by atoms with van der Waals surface area (Å²) in [5.74, 6) is -19.8. The number of halogens is 10. The van der Waals surface area contributed by atoms with Gasteiger partial charge in [-0.25, -0.2) is 43.9 Å². The van der Waals surface area contributed by atoms with Gasteiger partial charge >= 0.3 is 0 Å². The normalized spacial score (nSPS) is 12.3. The minimum atomic E-state index is -2.30. The predicted molar refractivity (Wildman–Crippen MR) is 110 cm³/mol. The topological polar surface area (TPSA) is 0 Å². The lowest BCUT2D eigenvalue weighted by Gasteiger charge is -2.27. The average molecular weight is 504 g/mol. The molecule has 0 saturated heterocycles. The van der Waals surface area contributed by atoms with Crippen molar-refractivity contribution >= 4 is 21.5 Å². The fourth-order valence-electron chi connectivity index (χ4n) is 4.34. The van der Waals surface area contributed by atoms with Crippen molar-refractivity contribution in [3.8, 4) is 11.1 Å². The Labute approximate surface area is 191 Å². The van der Waals surface area contributed by atoms with Gasteiger partial charge in [0.1, 0.15) is 11.6 Å². The summed E-state index contributed by atoms with van der Waals surface area (Å²) in [6.45, 7) is 5.05. The molecule has 0 aromatic heterocycles. The summed E-state index contributed by atoms with van der Waals surface area (Å²) >= 11 is 0. The zero-order valence-corrected chi connectivity index (χ0v) is 18.4. The van der Waals surface area contributed by atoms with Gasteiger partial charge in [-0.3, -0.25) is 0 Å². The molecular formula is C25H14F10. The van der Waals surface area contributed by atoms with Crippen molar-refractivity contribution in [1.82, 2.24) is 0 Å². The van der Waals surface area contributed by atoms with Gasteiger partial charge in [-0.15, -0.1) is 0 Å². The first-order chi connectivity index (χ1) is 16.1. The van der Waals surface area contributed by atoms with Crippen molar-refractivity contribution in [1.29, 1.82) is 0 Å². The molecule has 0 amide bonds. The van der Waals surface area contributed by atoms with Crippen LogP contribution in [0, 0.1) is 65.1 Å². The number of rotatable bonds is 1. The van der Waals surface area contributed by atoms with E-state index in [1.165, 1.54) is 20.8 Å². The standard InChI is InChI=1S/C25H14F10/c1-7-10(26)5-8-13(19(30)23(34)21(32)17(8)28)12(7)15-14-9(6-11(27)16(15)25(2,3)4)18(29)22(33)24(35)20(14)31/h5-6H,1-4H3. The molecule has 4 aromatic carbocycles. The molecule has 0 heterocycles. The highest BCUT2D eigenvalue weighted by atomic mass is 19.2. The number of hydrogen-bond acceptors (Lipinski definition) is 0. The van der Waals surface area contributed by atoms with Crippen molar-refractivity contribution in [2.75, 3.05) is 0 Å². The highest BCUT2D eigenvalue weighted by Crippen LogP contribution is 2.48. The first-order valence-electron chi connectivity index (χ1n) is 10.0. The SMILES string of the molecule is Cc1c(F)cc2c(F)c(F)c(F)c(F)c2c1-c1c(C(C)(C)C)c(F)cc2c(F)c(F)c(F)c(F)c12. The third-order valence-corrected chi connectivity index (χ3v) is 5.87. The fraction of sp³-hybridized carbons (Fsp3) is 0.200. The second kappa shape index (κ2) is 7.86. The molecule has 4 aromatic rings. The second-order valence-electron chi connectivity index (χ2n) is 9.07. The number of benzene rings is 4. The number of hydrogen-bond donors (Lipinski definition) is 0. The molecule has 0 aliphatic carbocycles. The van der Waals surface area contributed by atoms with E-state index in [1.54, 1.807) is 0 Å². The van der Waals surface area contributed by atoms with Gasteiger partial charge in [-0.05, 0) is 35.6 Å². The average Bonchev–Trinajstić information content (AvgIpc) is 2.78. The predicted octanol–water partition coefficient (Wildman–Crippen LogP) is 8.66. The molecule has 0 unspecified atom stereocenters. The summed E-state index contributed by atoms with van der Waals surface area (Å²) in [5.41, 5.74) is -4.28.